The van der Waals surface area contributed by atoms with Crippen molar-refractivity contribution in [3.63, 3.8) is 0 Å². The van der Waals surface area contributed by atoms with Crippen molar-refractivity contribution in [2.45, 2.75) is 38.0 Å². The molecule has 2 N–H and O–H groups in total. The molecule has 1 fully saturated rings. The summed E-state index contributed by atoms with van der Waals surface area (Å²) in [7, 11) is 1.75. The second-order valence-corrected chi connectivity index (χ2v) is 4.84. The van der Waals surface area contributed by atoms with Crippen molar-refractivity contribution in [2.75, 3.05) is 7.11 Å². The summed E-state index contributed by atoms with van der Waals surface area (Å²) in [5.41, 5.74) is 0.760. The molecule has 1 aliphatic carbocycles. The summed E-state index contributed by atoms with van der Waals surface area (Å²) in [5, 5.41) is 13.7. The van der Waals surface area contributed by atoms with Gasteiger partial charge in [-0.3, -0.25) is 0 Å². The molecule has 2 rings (SSSR count). The maximum Gasteiger partial charge on any atom is 0.121 e. The fourth-order valence-corrected chi connectivity index (χ4v) is 2.63. The highest BCUT2D eigenvalue weighted by molar-refractivity contribution is 6.31. The number of phenols is 1. The van der Waals surface area contributed by atoms with Crippen LogP contribution in [-0.2, 0) is 11.3 Å². The number of phenolic OH excluding ortho intramolecular Hbond substituents is 1. The number of aromatic hydroxyl groups is 1. The normalized spacial score (nSPS) is 24.1. The molecule has 0 heterocycles. The average molecular weight is 256 g/mol. The quantitative estimate of drug-likeness (QED) is 0.869. The van der Waals surface area contributed by atoms with Gasteiger partial charge in [0, 0.05) is 30.3 Å². The molecule has 1 aromatic carbocycles. The average Bonchev–Trinajstić information content (AvgIpc) is 2.76. The number of hydrogen-bond donors (Lipinski definition) is 2. The maximum atomic E-state index is 9.73. The van der Waals surface area contributed by atoms with Gasteiger partial charge in [0.05, 0.1) is 6.10 Å². The topological polar surface area (TPSA) is 41.5 Å². The SMILES string of the molecule is COC1CCCC1NCc1c(O)cccc1Cl. The van der Waals surface area contributed by atoms with E-state index in [-0.39, 0.29) is 11.9 Å². The second kappa shape index (κ2) is 5.71. The van der Waals surface area contributed by atoms with E-state index in [1.165, 1.54) is 6.42 Å². The number of benzene rings is 1. The summed E-state index contributed by atoms with van der Waals surface area (Å²) in [4.78, 5) is 0. The highest BCUT2D eigenvalue weighted by Crippen LogP contribution is 2.27. The van der Waals surface area contributed by atoms with Crippen molar-refractivity contribution in [3.05, 3.63) is 28.8 Å². The minimum atomic E-state index is 0.247. The Hall–Kier alpha value is -0.770. The third-order valence-electron chi connectivity index (χ3n) is 3.39. The van der Waals surface area contributed by atoms with Crippen LogP contribution in [0.4, 0.5) is 0 Å². The van der Waals surface area contributed by atoms with Crippen LogP contribution in [0.25, 0.3) is 0 Å². The molecule has 2 atom stereocenters. The zero-order valence-electron chi connectivity index (χ0n) is 9.95. The van der Waals surface area contributed by atoms with Gasteiger partial charge in [-0.2, -0.15) is 0 Å². The lowest BCUT2D eigenvalue weighted by Crippen LogP contribution is -2.36. The Morgan fingerprint density at radius 3 is 3.00 bits per heavy atom. The minimum absolute atomic E-state index is 0.247. The van der Waals surface area contributed by atoms with E-state index in [0.29, 0.717) is 17.6 Å². The molecule has 1 aromatic rings. The first-order valence-electron chi connectivity index (χ1n) is 5.95. The van der Waals surface area contributed by atoms with Crippen LogP contribution >= 0.6 is 11.6 Å². The third kappa shape index (κ3) is 2.92. The molecule has 2 unspecified atom stereocenters. The van der Waals surface area contributed by atoms with Crippen LogP contribution in [0.2, 0.25) is 5.02 Å². The smallest absolute Gasteiger partial charge is 0.121 e. The van der Waals surface area contributed by atoms with Crippen LogP contribution < -0.4 is 5.32 Å². The van der Waals surface area contributed by atoms with Crippen molar-refractivity contribution in [2.24, 2.45) is 0 Å². The van der Waals surface area contributed by atoms with Gasteiger partial charge in [0.1, 0.15) is 5.75 Å². The molecule has 1 aliphatic rings. The summed E-state index contributed by atoms with van der Waals surface area (Å²) < 4.78 is 5.41. The van der Waals surface area contributed by atoms with Crippen LogP contribution in [-0.4, -0.2) is 24.4 Å². The van der Waals surface area contributed by atoms with Gasteiger partial charge < -0.3 is 15.2 Å². The van der Waals surface area contributed by atoms with Crippen LogP contribution in [0, 0.1) is 0 Å². The lowest BCUT2D eigenvalue weighted by Gasteiger charge is -2.20. The maximum absolute atomic E-state index is 9.73. The number of hydrogen-bond acceptors (Lipinski definition) is 3. The molecule has 0 bridgehead atoms. The predicted octanol–water partition coefficient (Wildman–Crippen LogP) is 2.70. The van der Waals surface area contributed by atoms with E-state index in [4.69, 9.17) is 16.3 Å². The number of rotatable bonds is 4. The summed E-state index contributed by atoms with van der Waals surface area (Å²) in [6.07, 6.45) is 3.68. The van der Waals surface area contributed by atoms with Gasteiger partial charge in [-0.05, 0) is 31.4 Å². The van der Waals surface area contributed by atoms with E-state index in [9.17, 15) is 5.11 Å². The van der Waals surface area contributed by atoms with E-state index < -0.39 is 0 Å². The number of nitrogens with one attached hydrogen (secondary N) is 1. The Bertz CT molecular complexity index is 363. The van der Waals surface area contributed by atoms with E-state index in [1.807, 2.05) is 0 Å². The van der Waals surface area contributed by atoms with Gasteiger partial charge in [0.2, 0.25) is 0 Å². The van der Waals surface area contributed by atoms with Crippen molar-refractivity contribution < 1.29 is 9.84 Å². The molecular weight excluding hydrogens is 238 g/mol. The lowest BCUT2D eigenvalue weighted by atomic mass is 10.1. The molecule has 0 radical (unpaired) electrons. The summed E-state index contributed by atoms with van der Waals surface area (Å²) >= 11 is 6.05. The largest absolute Gasteiger partial charge is 0.508 e. The summed E-state index contributed by atoms with van der Waals surface area (Å²) in [5.74, 6) is 0.247. The Labute approximate surface area is 107 Å². The van der Waals surface area contributed by atoms with Gasteiger partial charge >= 0.3 is 0 Å². The number of halogens is 1. The number of methoxy groups -OCH3 is 1. The van der Waals surface area contributed by atoms with E-state index in [0.717, 1.165) is 18.4 Å². The molecule has 4 heteroatoms. The lowest BCUT2D eigenvalue weighted by molar-refractivity contribution is 0.0846. The molecule has 0 amide bonds. The molecule has 0 saturated heterocycles. The highest BCUT2D eigenvalue weighted by atomic mass is 35.5. The molecule has 0 spiro atoms. The van der Waals surface area contributed by atoms with E-state index in [1.54, 1.807) is 25.3 Å². The fraction of sp³-hybridized carbons (Fsp3) is 0.538. The van der Waals surface area contributed by atoms with Crippen LogP contribution in [0.3, 0.4) is 0 Å². The van der Waals surface area contributed by atoms with Gasteiger partial charge in [-0.15, -0.1) is 0 Å². The molecule has 0 aromatic heterocycles. The van der Waals surface area contributed by atoms with Crippen molar-refractivity contribution in [1.82, 2.24) is 5.32 Å². The zero-order valence-corrected chi connectivity index (χ0v) is 10.7. The van der Waals surface area contributed by atoms with Crippen molar-refractivity contribution >= 4 is 11.6 Å². The van der Waals surface area contributed by atoms with Crippen LogP contribution in [0.15, 0.2) is 18.2 Å². The highest BCUT2D eigenvalue weighted by Gasteiger charge is 2.26. The van der Waals surface area contributed by atoms with Gasteiger partial charge in [0.25, 0.3) is 0 Å². The van der Waals surface area contributed by atoms with Gasteiger partial charge in [0.15, 0.2) is 0 Å². The van der Waals surface area contributed by atoms with Crippen molar-refractivity contribution in [3.8, 4) is 5.75 Å². The number of ether oxygens (including phenoxy) is 1. The predicted molar refractivity (Wildman–Crippen MR) is 68.4 cm³/mol. The van der Waals surface area contributed by atoms with E-state index >= 15 is 0 Å². The van der Waals surface area contributed by atoms with Crippen molar-refractivity contribution in [1.29, 1.82) is 0 Å². The second-order valence-electron chi connectivity index (χ2n) is 4.43. The Balaban J connectivity index is 1.98. The fourth-order valence-electron chi connectivity index (χ4n) is 2.40. The molecule has 17 heavy (non-hydrogen) atoms. The zero-order chi connectivity index (χ0) is 12.3. The third-order valence-corrected chi connectivity index (χ3v) is 3.74. The van der Waals surface area contributed by atoms with Gasteiger partial charge in [-0.25, -0.2) is 0 Å². The molecule has 1 saturated carbocycles. The Kier molecular flexibility index (Phi) is 4.26. The molecule has 3 nitrogen and oxygen atoms in total. The summed E-state index contributed by atoms with van der Waals surface area (Å²) in [6, 6.07) is 5.55. The first-order chi connectivity index (χ1) is 8.22. The standard InChI is InChI=1S/C13H18ClNO2/c1-17-13-7-3-5-11(13)15-8-9-10(14)4-2-6-12(9)16/h2,4,6,11,13,15-16H,3,5,7-8H2,1H3. The summed E-state index contributed by atoms with van der Waals surface area (Å²) in [6.45, 7) is 0.579. The van der Waals surface area contributed by atoms with Crippen LogP contribution in [0.1, 0.15) is 24.8 Å². The minimum Gasteiger partial charge on any atom is -0.508 e. The first-order valence-corrected chi connectivity index (χ1v) is 6.32. The molecule has 94 valence electrons. The first kappa shape index (κ1) is 12.7. The Morgan fingerprint density at radius 1 is 1.47 bits per heavy atom. The van der Waals surface area contributed by atoms with E-state index in [2.05, 4.69) is 5.32 Å². The molecular formula is C13H18ClNO2. The molecule has 0 aliphatic heterocycles. The van der Waals surface area contributed by atoms with Crippen LogP contribution in [0.5, 0.6) is 5.75 Å². The van der Waals surface area contributed by atoms with Gasteiger partial charge in [-0.1, -0.05) is 17.7 Å². The Morgan fingerprint density at radius 2 is 2.29 bits per heavy atom. The monoisotopic (exact) mass is 255 g/mol.